The summed E-state index contributed by atoms with van der Waals surface area (Å²) in [6.07, 6.45) is -0.574. The molecule has 0 amide bonds. The molecular weight excluding hydrogens is 272 g/mol. The van der Waals surface area contributed by atoms with Gasteiger partial charge < -0.3 is 9.47 Å². The van der Waals surface area contributed by atoms with E-state index in [4.69, 9.17) is 9.47 Å². The number of ether oxygens (including phenoxy) is 2. The Kier molecular flexibility index (Phi) is 5.32. The van der Waals surface area contributed by atoms with Crippen LogP contribution in [-0.2, 0) is 14.9 Å². The number of carbonyl (C=O) groups excluding carboxylic acids is 1. The fraction of sp³-hybridized carbons (Fsp3) is 0.417. The number of esters is 1. The van der Waals surface area contributed by atoms with E-state index in [9.17, 15) is 4.79 Å². The van der Waals surface area contributed by atoms with Gasteiger partial charge >= 0.3 is 5.97 Å². The van der Waals surface area contributed by atoms with Gasteiger partial charge in [0.15, 0.2) is 6.10 Å². The van der Waals surface area contributed by atoms with Crippen LogP contribution in [0.3, 0.4) is 0 Å². The summed E-state index contributed by atoms with van der Waals surface area (Å²) in [6.45, 7) is 3.82. The van der Waals surface area contributed by atoms with Crippen LogP contribution in [0.1, 0.15) is 19.4 Å². The van der Waals surface area contributed by atoms with Crippen LogP contribution in [0.15, 0.2) is 24.3 Å². The van der Waals surface area contributed by atoms with Crippen LogP contribution in [-0.4, -0.2) is 18.7 Å². The highest BCUT2D eigenvalue weighted by atomic mass is 79.9. The van der Waals surface area contributed by atoms with Crippen LogP contribution < -0.4 is 4.74 Å². The molecule has 0 aromatic heterocycles. The van der Waals surface area contributed by atoms with E-state index in [-0.39, 0.29) is 5.97 Å². The molecule has 0 spiro atoms. The second-order valence-corrected chi connectivity index (χ2v) is 3.85. The van der Waals surface area contributed by atoms with Crippen LogP contribution in [0.5, 0.6) is 5.75 Å². The topological polar surface area (TPSA) is 35.5 Å². The number of benzene rings is 1. The summed E-state index contributed by atoms with van der Waals surface area (Å²) in [7, 11) is 0. The first-order valence-electron chi connectivity index (χ1n) is 5.15. The van der Waals surface area contributed by atoms with Crippen LogP contribution >= 0.6 is 15.9 Å². The van der Waals surface area contributed by atoms with E-state index >= 15 is 0 Å². The van der Waals surface area contributed by atoms with Gasteiger partial charge in [-0.3, -0.25) is 0 Å². The van der Waals surface area contributed by atoms with Crippen molar-refractivity contribution in [2.75, 3.05) is 6.61 Å². The molecule has 0 heterocycles. The number of hydrogen-bond donors (Lipinski definition) is 0. The van der Waals surface area contributed by atoms with Gasteiger partial charge in [0.05, 0.1) is 6.61 Å². The van der Waals surface area contributed by atoms with Gasteiger partial charge in [-0.1, -0.05) is 28.1 Å². The lowest BCUT2D eigenvalue weighted by Gasteiger charge is -2.13. The second-order valence-electron chi connectivity index (χ2n) is 3.29. The summed E-state index contributed by atoms with van der Waals surface area (Å²) in [6, 6.07) is 7.57. The zero-order valence-electron chi connectivity index (χ0n) is 9.40. The zero-order chi connectivity index (χ0) is 12.0. The summed E-state index contributed by atoms with van der Waals surface area (Å²) in [4.78, 5) is 11.3. The molecule has 0 N–H and O–H groups in total. The monoisotopic (exact) mass is 286 g/mol. The molecule has 1 unspecified atom stereocenters. The van der Waals surface area contributed by atoms with E-state index in [0.29, 0.717) is 12.4 Å². The van der Waals surface area contributed by atoms with Crippen molar-refractivity contribution in [3.05, 3.63) is 29.8 Å². The maximum absolute atomic E-state index is 11.3. The first-order valence-corrected chi connectivity index (χ1v) is 6.27. The molecule has 0 saturated carbocycles. The number of halogens is 1. The van der Waals surface area contributed by atoms with Crippen LogP contribution in [0.2, 0.25) is 0 Å². The number of alkyl halides is 1. The lowest BCUT2D eigenvalue weighted by Crippen LogP contribution is -2.26. The zero-order valence-corrected chi connectivity index (χ0v) is 11.0. The van der Waals surface area contributed by atoms with Crippen molar-refractivity contribution in [3.63, 3.8) is 0 Å². The third-order valence-electron chi connectivity index (χ3n) is 2.01. The van der Waals surface area contributed by atoms with Gasteiger partial charge in [0, 0.05) is 5.33 Å². The molecule has 0 saturated heterocycles. The molecule has 1 aromatic carbocycles. The molecule has 88 valence electrons. The van der Waals surface area contributed by atoms with E-state index in [1.165, 1.54) is 0 Å². The summed E-state index contributed by atoms with van der Waals surface area (Å²) in [5.74, 6) is 0.331. The fourth-order valence-corrected chi connectivity index (χ4v) is 1.54. The van der Waals surface area contributed by atoms with Gasteiger partial charge in [-0.15, -0.1) is 0 Å². The third-order valence-corrected chi connectivity index (χ3v) is 2.66. The SMILES string of the molecule is CCOC(=O)C(C)Oc1ccc(CBr)cc1. The van der Waals surface area contributed by atoms with Gasteiger partial charge in [0.2, 0.25) is 0 Å². The van der Waals surface area contributed by atoms with E-state index in [0.717, 1.165) is 10.9 Å². The van der Waals surface area contributed by atoms with Crippen molar-refractivity contribution in [3.8, 4) is 5.75 Å². The highest BCUT2D eigenvalue weighted by Crippen LogP contribution is 2.15. The second kappa shape index (κ2) is 6.53. The van der Waals surface area contributed by atoms with E-state index < -0.39 is 6.10 Å². The molecular formula is C12H15BrO3. The minimum Gasteiger partial charge on any atom is -0.479 e. The van der Waals surface area contributed by atoms with E-state index in [1.807, 2.05) is 24.3 Å². The Balaban J connectivity index is 2.55. The van der Waals surface area contributed by atoms with Crippen LogP contribution in [0.4, 0.5) is 0 Å². The molecule has 0 radical (unpaired) electrons. The number of hydrogen-bond acceptors (Lipinski definition) is 3. The molecule has 1 atom stereocenters. The van der Waals surface area contributed by atoms with Crippen LogP contribution in [0.25, 0.3) is 0 Å². The molecule has 1 rings (SSSR count). The Bertz CT molecular complexity index is 335. The molecule has 4 heteroatoms. The summed E-state index contributed by atoms with van der Waals surface area (Å²) in [5, 5.41) is 0.806. The number of carbonyl (C=O) groups is 1. The van der Waals surface area contributed by atoms with Crippen molar-refractivity contribution in [1.82, 2.24) is 0 Å². The standard InChI is InChI=1S/C12H15BrO3/c1-3-15-12(14)9(2)16-11-6-4-10(8-13)5-7-11/h4-7,9H,3,8H2,1-2H3. The van der Waals surface area contributed by atoms with Gasteiger partial charge in [0.1, 0.15) is 5.75 Å². The lowest BCUT2D eigenvalue weighted by atomic mass is 10.2. The average Bonchev–Trinajstić information content (AvgIpc) is 2.30. The van der Waals surface area contributed by atoms with Gasteiger partial charge in [-0.05, 0) is 31.5 Å². The summed E-state index contributed by atoms with van der Waals surface area (Å²) in [5.41, 5.74) is 1.16. The highest BCUT2D eigenvalue weighted by molar-refractivity contribution is 9.08. The van der Waals surface area contributed by atoms with Gasteiger partial charge in [-0.2, -0.15) is 0 Å². The lowest BCUT2D eigenvalue weighted by molar-refractivity contribution is -0.150. The smallest absolute Gasteiger partial charge is 0.347 e. The van der Waals surface area contributed by atoms with Gasteiger partial charge in [-0.25, -0.2) is 4.79 Å². The Hall–Kier alpha value is -1.03. The Morgan fingerprint density at radius 2 is 2.00 bits per heavy atom. The molecule has 16 heavy (non-hydrogen) atoms. The largest absolute Gasteiger partial charge is 0.479 e. The predicted molar refractivity (Wildman–Crippen MR) is 65.8 cm³/mol. The van der Waals surface area contributed by atoms with Crippen molar-refractivity contribution in [2.24, 2.45) is 0 Å². The predicted octanol–water partition coefficient (Wildman–Crippen LogP) is 2.91. The van der Waals surface area contributed by atoms with E-state index in [1.54, 1.807) is 13.8 Å². The molecule has 0 bridgehead atoms. The molecule has 0 aliphatic heterocycles. The van der Waals surface area contributed by atoms with Gasteiger partial charge in [0.25, 0.3) is 0 Å². The maximum Gasteiger partial charge on any atom is 0.347 e. The Morgan fingerprint density at radius 3 is 2.50 bits per heavy atom. The molecule has 3 nitrogen and oxygen atoms in total. The van der Waals surface area contributed by atoms with E-state index in [2.05, 4.69) is 15.9 Å². The summed E-state index contributed by atoms with van der Waals surface area (Å²) < 4.78 is 10.3. The normalized spacial score (nSPS) is 11.9. The van der Waals surface area contributed by atoms with Crippen molar-refractivity contribution >= 4 is 21.9 Å². The summed E-state index contributed by atoms with van der Waals surface area (Å²) >= 11 is 3.36. The maximum atomic E-state index is 11.3. The molecule has 0 fully saturated rings. The minimum absolute atomic E-state index is 0.341. The molecule has 0 aliphatic rings. The fourth-order valence-electron chi connectivity index (χ4n) is 1.17. The first-order chi connectivity index (χ1) is 7.67. The van der Waals surface area contributed by atoms with Crippen molar-refractivity contribution in [2.45, 2.75) is 25.3 Å². The van der Waals surface area contributed by atoms with Crippen molar-refractivity contribution in [1.29, 1.82) is 0 Å². The first kappa shape index (κ1) is 13.0. The van der Waals surface area contributed by atoms with Crippen molar-refractivity contribution < 1.29 is 14.3 Å². The van der Waals surface area contributed by atoms with Crippen LogP contribution in [0, 0.1) is 0 Å². The minimum atomic E-state index is -0.574. The Labute approximate surface area is 104 Å². The highest BCUT2D eigenvalue weighted by Gasteiger charge is 2.15. The average molecular weight is 287 g/mol. The molecule has 0 aliphatic carbocycles. The quantitative estimate of drug-likeness (QED) is 0.617. The third kappa shape index (κ3) is 3.85. The Morgan fingerprint density at radius 1 is 1.38 bits per heavy atom. The molecule has 1 aromatic rings. The number of rotatable bonds is 5.